The maximum atomic E-state index is 12.4. The molecule has 1 fully saturated rings. The third-order valence-corrected chi connectivity index (χ3v) is 4.00. The lowest BCUT2D eigenvalue weighted by Gasteiger charge is -2.31. The summed E-state index contributed by atoms with van der Waals surface area (Å²) in [6.45, 7) is 4.41. The molecular formula is C15H20N4O. The van der Waals surface area contributed by atoms with Crippen LogP contribution in [0, 0.1) is 0 Å². The molecule has 1 aliphatic rings. The lowest BCUT2D eigenvalue weighted by molar-refractivity contribution is 0.0864. The molecule has 106 valence electrons. The highest BCUT2D eigenvalue weighted by Gasteiger charge is 2.20. The van der Waals surface area contributed by atoms with Crippen molar-refractivity contribution in [3.63, 3.8) is 0 Å². The number of carbonyl (C=O) groups excluding carboxylic acids is 1. The van der Waals surface area contributed by atoms with E-state index < -0.39 is 0 Å². The van der Waals surface area contributed by atoms with Gasteiger partial charge in [0.1, 0.15) is 0 Å². The van der Waals surface area contributed by atoms with Gasteiger partial charge in [-0.25, -0.2) is 4.98 Å². The minimum atomic E-state index is 0.105. The molecule has 0 aliphatic carbocycles. The molecule has 0 atom stereocenters. The van der Waals surface area contributed by atoms with Crippen LogP contribution < -0.4 is 0 Å². The smallest absolute Gasteiger partial charge is 0.212 e. The average molecular weight is 272 g/mol. The van der Waals surface area contributed by atoms with Crippen LogP contribution in [0.25, 0.3) is 11.0 Å². The predicted molar refractivity (Wildman–Crippen MR) is 79.0 cm³/mol. The number of hydrogen-bond donors (Lipinski definition) is 0. The average Bonchev–Trinajstić information content (AvgIpc) is 2.79. The minimum absolute atomic E-state index is 0.105. The first kappa shape index (κ1) is 13.3. The van der Waals surface area contributed by atoms with Crippen molar-refractivity contribution in [2.24, 2.45) is 7.05 Å². The molecule has 20 heavy (non-hydrogen) atoms. The van der Waals surface area contributed by atoms with Gasteiger partial charge in [-0.2, -0.15) is 0 Å². The number of fused-ring (bicyclic) bond motifs is 1. The molecular weight excluding hydrogens is 252 g/mol. The first-order valence-electron chi connectivity index (χ1n) is 7.01. The number of likely N-dealkylation sites (N-methyl/N-ethyl adjacent to an activating group) is 1. The van der Waals surface area contributed by atoms with Crippen LogP contribution in [0.1, 0.15) is 10.6 Å². The molecule has 3 rings (SSSR count). The van der Waals surface area contributed by atoms with Crippen molar-refractivity contribution >= 4 is 16.8 Å². The summed E-state index contributed by atoms with van der Waals surface area (Å²) in [6, 6.07) is 7.86. The molecule has 0 amide bonds. The second-order valence-corrected chi connectivity index (χ2v) is 5.49. The van der Waals surface area contributed by atoms with Gasteiger partial charge in [-0.3, -0.25) is 9.69 Å². The summed E-state index contributed by atoms with van der Waals surface area (Å²) >= 11 is 0. The van der Waals surface area contributed by atoms with Crippen molar-refractivity contribution in [3.05, 3.63) is 30.1 Å². The standard InChI is InChI=1S/C15H20N4O/c1-17-7-9-19(10-8-17)11-14(20)15-16-12-5-3-4-6-13(12)18(15)2/h3-6H,7-11H2,1-2H3. The second kappa shape index (κ2) is 5.34. The van der Waals surface area contributed by atoms with Gasteiger partial charge in [-0.1, -0.05) is 12.1 Å². The lowest BCUT2D eigenvalue weighted by atomic mass is 10.3. The molecule has 0 unspecified atom stereocenters. The van der Waals surface area contributed by atoms with Gasteiger partial charge in [-0.15, -0.1) is 0 Å². The molecule has 1 aliphatic heterocycles. The van der Waals surface area contributed by atoms with Crippen LogP contribution in [0.3, 0.4) is 0 Å². The normalized spacial score (nSPS) is 17.7. The number of para-hydroxylation sites is 2. The van der Waals surface area contributed by atoms with Gasteiger partial charge < -0.3 is 9.47 Å². The molecule has 5 heteroatoms. The van der Waals surface area contributed by atoms with E-state index >= 15 is 0 Å². The van der Waals surface area contributed by atoms with E-state index in [9.17, 15) is 4.79 Å². The fourth-order valence-corrected chi connectivity index (χ4v) is 2.67. The molecule has 1 aromatic carbocycles. The summed E-state index contributed by atoms with van der Waals surface area (Å²) in [7, 11) is 4.02. The van der Waals surface area contributed by atoms with E-state index in [1.54, 1.807) is 0 Å². The molecule has 1 saturated heterocycles. The van der Waals surface area contributed by atoms with Crippen LogP contribution in [0.5, 0.6) is 0 Å². The summed E-state index contributed by atoms with van der Waals surface area (Å²) < 4.78 is 1.90. The zero-order chi connectivity index (χ0) is 14.1. The van der Waals surface area contributed by atoms with Crippen LogP contribution in [-0.4, -0.2) is 64.9 Å². The number of benzene rings is 1. The number of aromatic nitrogens is 2. The maximum absolute atomic E-state index is 12.4. The van der Waals surface area contributed by atoms with Crippen molar-refractivity contribution in [3.8, 4) is 0 Å². The SMILES string of the molecule is CN1CCN(CC(=O)c2nc3ccccc3n2C)CC1. The monoisotopic (exact) mass is 272 g/mol. The first-order valence-corrected chi connectivity index (χ1v) is 7.01. The Hall–Kier alpha value is -1.72. The third-order valence-electron chi connectivity index (χ3n) is 4.00. The highest BCUT2D eigenvalue weighted by atomic mass is 16.1. The number of piperazine rings is 1. The summed E-state index contributed by atoms with van der Waals surface area (Å²) in [5, 5.41) is 0. The van der Waals surface area contributed by atoms with Gasteiger partial charge in [0.05, 0.1) is 17.6 Å². The number of ketones is 1. The van der Waals surface area contributed by atoms with E-state index in [4.69, 9.17) is 0 Å². The number of nitrogens with zero attached hydrogens (tertiary/aromatic N) is 4. The van der Waals surface area contributed by atoms with Crippen molar-refractivity contribution < 1.29 is 4.79 Å². The molecule has 0 saturated carbocycles. The maximum Gasteiger partial charge on any atom is 0.212 e. The second-order valence-electron chi connectivity index (χ2n) is 5.49. The van der Waals surface area contributed by atoms with Crippen molar-refractivity contribution in [1.82, 2.24) is 19.4 Å². The minimum Gasteiger partial charge on any atom is -0.325 e. The molecule has 0 bridgehead atoms. The number of carbonyl (C=O) groups is 1. The zero-order valence-electron chi connectivity index (χ0n) is 12.0. The van der Waals surface area contributed by atoms with E-state index in [1.165, 1.54) is 0 Å². The number of aryl methyl sites for hydroxylation is 1. The Morgan fingerprint density at radius 3 is 2.55 bits per heavy atom. The van der Waals surface area contributed by atoms with E-state index in [2.05, 4.69) is 21.8 Å². The Kier molecular flexibility index (Phi) is 3.54. The summed E-state index contributed by atoms with van der Waals surface area (Å²) in [6.07, 6.45) is 0. The quantitative estimate of drug-likeness (QED) is 0.782. The molecule has 1 aromatic heterocycles. The molecule has 2 aromatic rings. The van der Waals surface area contributed by atoms with E-state index in [0.29, 0.717) is 12.4 Å². The topological polar surface area (TPSA) is 41.4 Å². The highest BCUT2D eigenvalue weighted by molar-refractivity contribution is 5.97. The van der Waals surface area contributed by atoms with Crippen LogP contribution >= 0.6 is 0 Å². The number of hydrogen-bond acceptors (Lipinski definition) is 4. The number of rotatable bonds is 3. The molecule has 5 nitrogen and oxygen atoms in total. The van der Waals surface area contributed by atoms with E-state index in [1.807, 2.05) is 35.9 Å². The Bertz CT molecular complexity index is 626. The van der Waals surface area contributed by atoms with Crippen molar-refractivity contribution in [1.29, 1.82) is 0 Å². The largest absolute Gasteiger partial charge is 0.325 e. The number of imidazole rings is 1. The first-order chi connectivity index (χ1) is 9.65. The Morgan fingerprint density at radius 1 is 1.15 bits per heavy atom. The van der Waals surface area contributed by atoms with E-state index in [-0.39, 0.29) is 5.78 Å². The van der Waals surface area contributed by atoms with Gasteiger partial charge >= 0.3 is 0 Å². The number of Topliss-reactive ketones (excluding diaryl/α,β-unsaturated/α-hetero) is 1. The summed E-state index contributed by atoms with van der Waals surface area (Å²) in [4.78, 5) is 21.4. The van der Waals surface area contributed by atoms with Gasteiger partial charge in [0, 0.05) is 33.2 Å². The predicted octanol–water partition coefficient (Wildman–Crippen LogP) is 1.00. The van der Waals surface area contributed by atoms with Crippen molar-refractivity contribution in [2.75, 3.05) is 39.8 Å². The van der Waals surface area contributed by atoms with Gasteiger partial charge in [0.2, 0.25) is 5.78 Å². The zero-order valence-corrected chi connectivity index (χ0v) is 12.0. The van der Waals surface area contributed by atoms with Crippen LogP contribution in [-0.2, 0) is 7.05 Å². The molecule has 0 N–H and O–H groups in total. The molecule has 0 radical (unpaired) electrons. The van der Waals surface area contributed by atoms with Crippen LogP contribution in [0.4, 0.5) is 0 Å². The fourth-order valence-electron chi connectivity index (χ4n) is 2.67. The van der Waals surface area contributed by atoms with Crippen LogP contribution in [0.15, 0.2) is 24.3 Å². The Morgan fingerprint density at radius 2 is 1.85 bits per heavy atom. The Labute approximate surface area is 118 Å². The molecule has 0 spiro atoms. The van der Waals surface area contributed by atoms with Gasteiger partial charge in [-0.05, 0) is 19.2 Å². The van der Waals surface area contributed by atoms with E-state index in [0.717, 1.165) is 37.2 Å². The lowest BCUT2D eigenvalue weighted by Crippen LogP contribution is -2.46. The van der Waals surface area contributed by atoms with Crippen LogP contribution in [0.2, 0.25) is 0 Å². The molecule has 2 heterocycles. The highest BCUT2D eigenvalue weighted by Crippen LogP contribution is 2.15. The fraction of sp³-hybridized carbons (Fsp3) is 0.467. The Balaban J connectivity index is 1.77. The third kappa shape index (κ3) is 2.46. The summed E-state index contributed by atoms with van der Waals surface area (Å²) in [5.41, 5.74) is 1.89. The van der Waals surface area contributed by atoms with Gasteiger partial charge in [0.25, 0.3) is 0 Å². The van der Waals surface area contributed by atoms with Gasteiger partial charge in [0.15, 0.2) is 5.82 Å². The summed E-state index contributed by atoms with van der Waals surface area (Å²) in [5.74, 6) is 0.665. The van der Waals surface area contributed by atoms with Crippen molar-refractivity contribution in [2.45, 2.75) is 0 Å².